The number of nitrogens with one attached hydrogen (secondary N) is 1. The molecule has 0 radical (unpaired) electrons. The first-order valence-electron chi connectivity index (χ1n) is 6.25. The second kappa shape index (κ2) is 5.15. The third kappa shape index (κ3) is 3.27. The molecule has 1 aromatic rings. The van der Waals surface area contributed by atoms with Crippen LogP contribution < -0.4 is 5.32 Å². The van der Waals surface area contributed by atoms with E-state index in [-0.39, 0.29) is 11.7 Å². The van der Waals surface area contributed by atoms with Crippen LogP contribution in [0.2, 0.25) is 0 Å². The van der Waals surface area contributed by atoms with Crippen molar-refractivity contribution in [3.63, 3.8) is 0 Å². The van der Waals surface area contributed by atoms with Crippen molar-refractivity contribution >= 4 is 0 Å². The van der Waals surface area contributed by atoms with E-state index in [9.17, 15) is 9.50 Å². The van der Waals surface area contributed by atoms with E-state index in [0.29, 0.717) is 6.42 Å². The summed E-state index contributed by atoms with van der Waals surface area (Å²) in [4.78, 5) is 0. The monoisotopic (exact) mass is 237 g/mol. The van der Waals surface area contributed by atoms with Gasteiger partial charge in [-0.25, -0.2) is 4.39 Å². The highest BCUT2D eigenvalue weighted by molar-refractivity contribution is 5.18. The molecule has 1 saturated heterocycles. The van der Waals surface area contributed by atoms with E-state index in [1.54, 1.807) is 12.1 Å². The highest BCUT2D eigenvalue weighted by atomic mass is 19.1. The molecule has 1 aliphatic heterocycles. The highest BCUT2D eigenvalue weighted by Crippen LogP contribution is 2.27. The molecular weight excluding hydrogens is 217 g/mol. The predicted molar refractivity (Wildman–Crippen MR) is 66.3 cm³/mol. The van der Waals surface area contributed by atoms with Crippen LogP contribution >= 0.6 is 0 Å². The van der Waals surface area contributed by atoms with Crippen LogP contribution in [0.1, 0.15) is 25.3 Å². The standard InChI is InChI=1S/C14H20FNO/c1-14(17,12-3-2-8-16-10-12)9-11-4-6-13(15)7-5-11/h4-7,12,16-17H,2-3,8-10H2,1H3. The molecule has 0 spiro atoms. The van der Waals surface area contributed by atoms with E-state index in [4.69, 9.17) is 0 Å². The average molecular weight is 237 g/mol. The van der Waals surface area contributed by atoms with Crippen molar-refractivity contribution < 1.29 is 9.50 Å². The molecule has 1 heterocycles. The minimum Gasteiger partial charge on any atom is -0.389 e. The maximum Gasteiger partial charge on any atom is 0.123 e. The SMILES string of the molecule is CC(O)(Cc1ccc(F)cc1)C1CCCNC1. The van der Waals surface area contributed by atoms with Crippen molar-refractivity contribution in [3.8, 4) is 0 Å². The van der Waals surface area contributed by atoms with Crippen molar-refractivity contribution in [1.29, 1.82) is 0 Å². The van der Waals surface area contributed by atoms with Crippen LogP contribution in [0.15, 0.2) is 24.3 Å². The van der Waals surface area contributed by atoms with Crippen LogP contribution in [0.5, 0.6) is 0 Å². The number of halogens is 1. The van der Waals surface area contributed by atoms with Crippen LogP contribution in [0.4, 0.5) is 4.39 Å². The Balaban J connectivity index is 2.02. The summed E-state index contributed by atoms with van der Waals surface area (Å²) < 4.78 is 12.8. The zero-order chi connectivity index (χ0) is 12.3. The maximum atomic E-state index is 12.8. The number of hydrogen-bond donors (Lipinski definition) is 2. The summed E-state index contributed by atoms with van der Waals surface area (Å²) >= 11 is 0. The largest absolute Gasteiger partial charge is 0.389 e. The van der Waals surface area contributed by atoms with Gasteiger partial charge in [0, 0.05) is 18.9 Å². The van der Waals surface area contributed by atoms with Gasteiger partial charge >= 0.3 is 0 Å². The lowest BCUT2D eigenvalue weighted by atomic mass is 9.79. The van der Waals surface area contributed by atoms with Crippen molar-refractivity contribution in [3.05, 3.63) is 35.6 Å². The minimum absolute atomic E-state index is 0.229. The van der Waals surface area contributed by atoms with Gasteiger partial charge in [-0.05, 0) is 44.0 Å². The fourth-order valence-corrected chi connectivity index (χ4v) is 2.54. The minimum atomic E-state index is -0.717. The number of piperidine rings is 1. The third-order valence-corrected chi connectivity index (χ3v) is 3.65. The van der Waals surface area contributed by atoms with Crippen LogP contribution in [-0.2, 0) is 6.42 Å². The Morgan fingerprint density at radius 1 is 1.41 bits per heavy atom. The first-order chi connectivity index (χ1) is 8.08. The Bertz CT molecular complexity index is 355. The summed E-state index contributed by atoms with van der Waals surface area (Å²) in [7, 11) is 0. The molecule has 2 unspecified atom stereocenters. The third-order valence-electron chi connectivity index (χ3n) is 3.65. The number of rotatable bonds is 3. The molecule has 2 rings (SSSR count). The summed E-state index contributed by atoms with van der Waals surface area (Å²) in [6.45, 7) is 3.80. The van der Waals surface area contributed by atoms with Crippen LogP contribution in [0.3, 0.4) is 0 Å². The molecule has 0 saturated carbocycles. The number of hydrogen-bond acceptors (Lipinski definition) is 2. The summed E-state index contributed by atoms with van der Waals surface area (Å²) in [5, 5.41) is 13.8. The van der Waals surface area contributed by atoms with Crippen molar-refractivity contribution in [2.45, 2.75) is 31.8 Å². The normalized spacial score (nSPS) is 24.3. The molecular formula is C14H20FNO. The Labute approximate surface area is 102 Å². The molecule has 1 aromatic carbocycles. The van der Waals surface area contributed by atoms with Crippen molar-refractivity contribution in [1.82, 2.24) is 5.32 Å². The van der Waals surface area contributed by atoms with E-state index in [2.05, 4.69) is 5.32 Å². The second-order valence-electron chi connectivity index (χ2n) is 5.20. The van der Waals surface area contributed by atoms with Gasteiger partial charge in [-0.1, -0.05) is 12.1 Å². The van der Waals surface area contributed by atoms with E-state index in [1.165, 1.54) is 12.1 Å². The predicted octanol–water partition coefficient (Wildman–Crippen LogP) is 2.12. The lowest BCUT2D eigenvalue weighted by Crippen LogP contribution is -2.45. The Hall–Kier alpha value is -0.930. The zero-order valence-corrected chi connectivity index (χ0v) is 10.2. The molecule has 3 heteroatoms. The fraction of sp³-hybridized carbons (Fsp3) is 0.571. The molecule has 17 heavy (non-hydrogen) atoms. The molecule has 2 nitrogen and oxygen atoms in total. The van der Waals surface area contributed by atoms with Crippen LogP contribution in [0.25, 0.3) is 0 Å². The fourth-order valence-electron chi connectivity index (χ4n) is 2.54. The van der Waals surface area contributed by atoms with E-state index < -0.39 is 5.60 Å². The second-order valence-corrected chi connectivity index (χ2v) is 5.20. The molecule has 94 valence electrons. The highest BCUT2D eigenvalue weighted by Gasteiger charge is 2.32. The molecule has 2 N–H and O–H groups in total. The van der Waals surface area contributed by atoms with E-state index in [1.807, 2.05) is 6.92 Å². The van der Waals surface area contributed by atoms with Gasteiger partial charge in [0.05, 0.1) is 5.60 Å². The Kier molecular flexibility index (Phi) is 3.79. The molecule has 0 amide bonds. The molecule has 2 atom stereocenters. The van der Waals surface area contributed by atoms with Gasteiger partial charge in [-0.15, -0.1) is 0 Å². The smallest absolute Gasteiger partial charge is 0.123 e. The van der Waals surface area contributed by atoms with Gasteiger partial charge < -0.3 is 10.4 Å². The van der Waals surface area contributed by atoms with Gasteiger partial charge in [0.2, 0.25) is 0 Å². The lowest BCUT2D eigenvalue weighted by molar-refractivity contribution is -0.0102. The van der Waals surface area contributed by atoms with Crippen molar-refractivity contribution in [2.75, 3.05) is 13.1 Å². The molecule has 0 bridgehead atoms. The van der Waals surface area contributed by atoms with Crippen LogP contribution in [-0.4, -0.2) is 23.8 Å². The average Bonchev–Trinajstić information content (AvgIpc) is 2.33. The first-order valence-corrected chi connectivity index (χ1v) is 6.25. The molecule has 1 fully saturated rings. The van der Waals surface area contributed by atoms with Gasteiger partial charge in [-0.2, -0.15) is 0 Å². The lowest BCUT2D eigenvalue weighted by Gasteiger charge is -2.36. The summed E-state index contributed by atoms with van der Waals surface area (Å²) in [6, 6.07) is 6.40. The van der Waals surface area contributed by atoms with E-state index >= 15 is 0 Å². The van der Waals surface area contributed by atoms with Gasteiger partial charge in [0.25, 0.3) is 0 Å². The number of benzene rings is 1. The molecule has 0 aromatic heterocycles. The topological polar surface area (TPSA) is 32.3 Å². The van der Waals surface area contributed by atoms with E-state index in [0.717, 1.165) is 31.5 Å². The molecule has 0 aliphatic carbocycles. The van der Waals surface area contributed by atoms with Crippen LogP contribution in [0, 0.1) is 11.7 Å². The summed E-state index contributed by atoms with van der Waals surface area (Å²) in [5.74, 6) is 0.0500. The van der Waals surface area contributed by atoms with Gasteiger partial charge in [0.1, 0.15) is 5.82 Å². The summed E-state index contributed by atoms with van der Waals surface area (Å²) in [6.07, 6.45) is 2.76. The zero-order valence-electron chi connectivity index (χ0n) is 10.2. The Morgan fingerprint density at radius 3 is 2.71 bits per heavy atom. The van der Waals surface area contributed by atoms with Gasteiger partial charge in [0.15, 0.2) is 0 Å². The number of aliphatic hydroxyl groups is 1. The first kappa shape index (κ1) is 12.5. The summed E-state index contributed by atoms with van der Waals surface area (Å²) in [5.41, 5.74) is 0.271. The molecule has 1 aliphatic rings. The quantitative estimate of drug-likeness (QED) is 0.844. The van der Waals surface area contributed by atoms with Crippen molar-refractivity contribution in [2.24, 2.45) is 5.92 Å². The Morgan fingerprint density at radius 2 is 2.12 bits per heavy atom. The van der Waals surface area contributed by atoms with Gasteiger partial charge in [-0.3, -0.25) is 0 Å². The maximum absolute atomic E-state index is 12.8.